The zero-order valence-electron chi connectivity index (χ0n) is 12.0. The molecule has 1 aromatic carbocycles. The van der Waals surface area contributed by atoms with Crippen LogP contribution in [0.5, 0.6) is 0 Å². The number of hydrogen-bond donors (Lipinski definition) is 2. The quantitative estimate of drug-likeness (QED) is 0.789. The van der Waals surface area contributed by atoms with Crippen LogP contribution in [0.4, 0.5) is 0 Å². The zero-order chi connectivity index (χ0) is 15.3. The van der Waals surface area contributed by atoms with Crippen LogP contribution >= 0.6 is 0 Å². The number of sulfonamides is 1. The third kappa shape index (κ3) is 4.29. The Labute approximate surface area is 120 Å². The molecule has 0 spiro atoms. The van der Waals surface area contributed by atoms with Gasteiger partial charge in [-0.15, -0.1) is 0 Å². The van der Waals surface area contributed by atoms with Crippen molar-refractivity contribution in [2.24, 2.45) is 5.73 Å². The van der Waals surface area contributed by atoms with E-state index in [0.717, 1.165) is 4.31 Å². The molecule has 1 rings (SSSR count). The maximum Gasteiger partial charge on any atom is 0.242 e. The molecule has 0 aliphatic heterocycles. The number of hydrogen-bond acceptors (Lipinski definition) is 4. The van der Waals surface area contributed by atoms with Crippen molar-refractivity contribution in [1.29, 1.82) is 0 Å². The molecule has 3 N–H and O–H groups in total. The predicted molar refractivity (Wildman–Crippen MR) is 77.4 cm³/mol. The second-order valence-electron chi connectivity index (χ2n) is 4.85. The number of nitrogens with two attached hydrogens (primary N) is 1. The van der Waals surface area contributed by atoms with Gasteiger partial charge in [-0.25, -0.2) is 12.7 Å². The van der Waals surface area contributed by atoms with Gasteiger partial charge < -0.3 is 11.1 Å². The van der Waals surface area contributed by atoms with Crippen LogP contribution in [0.1, 0.15) is 18.9 Å². The number of carbonyl (C=O) groups is 1. The smallest absolute Gasteiger partial charge is 0.242 e. The van der Waals surface area contributed by atoms with Gasteiger partial charge >= 0.3 is 0 Å². The lowest BCUT2D eigenvalue weighted by molar-refractivity contribution is -0.121. The molecule has 112 valence electrons. The highest BCUT2D eigenvalue weighted by molar-refractivity contribution is 7.89. The summed E-state index contributed by atoms with van der Waals surface area (Å²) in [6.45, 7) is 1.90. The molecule has 7 heteroatoms. The Hall–Kier alpha value is -1.44. The number of rotatable bonds is 6. The van der Waals surface area contributed by atoms with Gasteiger partial charge in [-0.2, -0.15) is 0 Å². The lowest BCUT2D eigenvalue weighted by Gasteiger charge is -2.15. The molecule has 0 aromatic heterocycles. The van der Waals surface area contributed by atoms with E-state index in [9.17, 15) is 13.2 Å². The summed E-state index contributed by atoms with van der Waals surface area (Å²) in [6.07, 6.45) is 0.211. The van der Waals surface area contributed by atoms with Crippen molar-refractivity contribution in [1.82, 2.24) is 9.62 Å². The van der Waals surface area contributed by atoms with Crippen LogP contribution in [0.15, 0.2) is 29.2 Å². The Balaban J connectivity index is 2.90. The molecule has 0 bridgehead atoms. The highest BCUT2D eigenvalue weighted by Gasteiger charge is 2.20. The van der Waals surface area contributed by atoms with Gasteiger partial charge in [0.15, 0.2) is 0 Å². The third-order valence-corrected chi connectivity index (χ3v) is 4.63. The Kier molecular flexibility index (Phi) is 5.67. The summed E-state index contributed by atoms with van der Waals surface area (Å²) < 4.78 is 25.5. The summed E-state index contributed by atoms with van der Waals surface area (Å²) in [7, 11) is -0.575. The second kappa shape index (κ2) is 6.83. The third-order valence-electron chi connectivity index (χ3n) is 2.71. The van der Waals surface area contributed by atoms with Gasteiger partial charge in [0, 0.05) is 33.1 Å². The molecular formula is C13H21N3O3S. The molecule has 0 heterocycles. The van der Waals surface area contributed by atoms with E-state index in [-0.39, 0.29) is 29.8 Å². The molecule has 0 aliphatic carbocycles. The van der Waals surface area contributed by atoms with E-state index >= 15 is 0 Å². The van der Waals surface area contributed by atoms with Gasteiger partial charge in [-0.05, 0) is 18.6 Å². The molecule has 0 saturated carbocycles. The second-order valence-corrected chi connectivity index (χ2v) is 6.97. The molecule has 1 unspecified atom stereocenters. The van der Waals surface area contributed by atoms with E-state index in [1.165, 1.54) is 20.2 Å². The normalized spacial score (nSPS) is 13.2. The largest absolute Gasteiger partial charge is 0.352 e. The van der Waals surface area contributed by atoms with E-state index in [1.807, 2.05) is 0 Å². The van der Waals surface area contributed by atoms with Gasteiger partial charge in [0.2, 0.25) is 15.9 Å². The first kappa shape index (κ1) is 16.6. The van der Waals surface area contributed by atoms with Crippen molar-refractivity contribution < 1.29 is 13.2 Å². The standard InChI is InChI=1S/C13H21N3O3S/c1-10(14)8-13(17)15-9-11-6-4-5-7-12(11)20(18,19)16(2)3/h4-7,10H,8-9,14H2,1-3H3,(H,15,17). The summed E-state index contributed by atoms with van der Waals surface area (Å²) in [4.78, 5) is 11.8. The summed E-state index contributed by atoms with van der Waals surface area (Å²) in [6, 6.07) is 6.38. The lowest BCUT2D eigenvalue weighted by atomic mass is 10.2. The van der Waals surface area contributed by atoms with Crippen LogP contribution in [0.2, 0.25) is 0 Å². The molecule has 20 heavy (non-hydrogen) atoms. The van der Waals surface area contributed by atoms with E-state index < -0.39 is 10.0 Å². The Morgan fingerprint density at radius 2 is 1.95 bits per heavy atom. The first-order chi connectivity index (χ1) is 9.25. The predicted octanol–water partition coefficient (Wildman–Crippen LogP) is 0.290. The monoisotopic (exact) mass is 299 g/mol. The molecule has 1 atom stereocenters. The molecule has 1 aromatic rings. The summed E-state index contributed by atoms with van der Waals surface area (Å²) in [5, 5.41) is 2.68. The van der Waals surface area contributed by atoms with Crippen LogP contribution in [-0.2, 0) is 21.4 Å². The van der Waals surface area contributed by atoms with E-state index in [4.69, 9.17) is 5.73 Å². The van der Waals surface area contributed by atoms with Crippen LogP contribution < -0.4 is 11.1 Å². The topological polar surface area (TPSA) is 92.5 Å². The van der Waals surface area contributed by atoms with Crippen molar-refractivity contribution in [3.8, 4) is 0 Å². The summed E-state index contributed by atoms with van der Waals surface area (Å²) in [5.74, 6) is -0.197. The fourth-order valence-electron chi connectivity index (χ4n) is 1.66. The van der Waals surface area contributed by atoms with Gasteiger partial charge in [-0.3, -0.25) is 4.79 Å². The summed E-state index contributed by atoms with van der Waals surface area (Å²) in [5.41, 5.74) is 6.09. The fraction of sp³-hybridized carbons (Fsp3) is 0.462. The van der Waals surface area contributed by atoms with Crippen LogP contribution in [0.3, 0.4) is 0 Å². The summed E-state index contributed by atoms with van der Waals surface area (Å²) >= 11 is 0. The van der Waals surface area contributed by atoms with Crippen LogP contribution in [0, 0.1) is 0 Å². The van der Waals surface area contributed by atoms with Gasteiger partial charge in [0.1, 0.15) is 0 Å². The molecule has 1 amide bonds. The van der Waals surface area contributed by atoms with E-state index in [1.54, 1.807) is 25.1 Å². The molecular weight excluding hydrogens is 278 g/mol. The number of carbonyl (C=O) groups excluding carboxylic acids is 1. The van der Waals surface area contributed by atoms with Gasteiger partial charge in [0.05, 0.1) is 4.90 Å². The number of amides is 1. The minimum atomic E-state index is -3.52. The highest BCUT2D eigenvalue weighted by atomic mass is 32.2. The van der Waals surface area contributed by atoms with Crippen molar-refractivity contribution >= 4 is 15.9 Å². The first-order valence-electron chi connectivity index (χ1n) is 6.28. The number of nitrogens with one attached hydrogen (secondary N) is 1. The van der Waals surface area contributed by atoms with Crippen molar-refractivity contribution in [2.45, 2.75) is 30.8 Å². The Bertz CT molecular complexity index is 568. The van der Waals surface area contributed by atoms with Gasteiger partial charge in [0.25, 0.3) is 0 Å². The van der Waals surface area contributed by atoms with E-state index in [2.05, 4.69) is 5.32 Å². The molecule has 0 saturated heterocycles. The van der Waals surface area contributed by atoms with E-state index in [0.29, 0.717) is 5.56 Å². The number of nitrogens with zero attached hydrogens (tertiary/aromatic N) is 1. The maximum absolute atomic E-state index is 12.2. The fourth-order valence-corrected chi connectivity index (χ4v) is 2.77. The van der Waals surface area contributed by atoms with Crippen LogP contribution in [0.25, 0.3) is 0 Å². The maximum atomic E-state index is 12.2. The minimum absolute atomic E-state index is 0.162. The van der Waals surface area contributed by atoms with Crippen molar-refractivity contribution in [2.75, 3.05) is 14.1 Å². The lowest BCUT2D eigenvalue weighted by Crippen LogP contribution is -2.30. The molecule has 0 radical (unpaired) electrons. The first-order valence-corrected chi connectivity index (χ1v) is 7.72. The molecule has 0 fully saturated rings. The van der Waals surface area contributed by atoms with Crippen molar-refractivity contribution in [3.63, 3.8) is 0 Å². The average molecular weight is 299 g/mol. The SMILES string of the molecule is CC(N)CC(=O)NCc1ccccc1S(=O)(=O)N(C)C. The van der Waals surface area contributed by atoms with Crippen LogP contribution in [-0.4, -0.2) is 38.8 Å². The minimum Gasteiger partial charge on any atom is -0.352 e. The zero-order valence-corrected chi connectivity index (χ0v) is 12.8. The molecule has 6 nitrogen and oxygen atoms in total. The number of benzene rings is 1. The highest BCUT2D eigenvalue weighted by Crippen LogP contribution is 2.18. The molecule has 0 aliphatic rings. The van der Waals surface area contributed by atoms with Crippen molar-refractivity contribution in [3.05, 3.63) is 29.8 Å². The average Bonchev–Trinajstić information content (AvgIpc) is 2.35. The van der Waals surface area contributed by atoms with Gasteiger partial charge in [-0.1, -0.05) is 18.2 Å². The Morgan fingerprint density at radius 3 is 2.50 bits per heavy atom. The Morgan fingerprint density at radius 1 is 1.35 bits per heavy atom.